The van der Waals surface area contributed by atoms with Crippen LogP contribution in [0, 0.1) is 13.8 Å². The van der Waals surface area contributed by atoms with Crippen LogP contribution in [-0.2, 0) is 26.2 Å². The Hall–Kier alpha value is -3.07. The third-order valence-electron chi connectivity index (χ3n) is 6.56. The van der Waals surface area contributed by atoms with Crippen LogP contribution in [0.3, 0.4) is 0 Å². The highest BCUT2D eigenvalue weighted by Crippen LogP contribution is 2.28. The Morgan fingerprint density at radius 1 is 0.950 bits per heavy atom. The Labute approximate surface area is 247 Å². The second-order valence-corrected chi connectivity index (χ2v) is 12.3. The second kappa shape index (κ2) is 14.0. The first-order valence-electron chi connectivity index (χ1n) is 13.2. The Morgan fingerprint density at radius 2 is 1.62 bits per heavy atom. The molecule has 0 radical (unpaired) electrons. The van der Waals surface area contributed by atoms with Crippen LogP contribution in [0.15, 0.2) is 71.6 Å². The van der Waals surface area contributed by atoms with Crippen LogP contribution >= 0.6 is 23.2 Å². The lowest BCUT2D eigenvalue weighted by atomic mass is 10.1. The molecule has 0 bridgehead atoms. The van der Waals surface area contributed by atoms with Crippen molar-refractivity contribution < 1.29 is 18.0 Å². The lowest BCUT2D eigenvalue weighted by molar-refractivity contribution is -0.140. The predicted molar refractivity (Wildman–Crippen MR) is 161 cm³/mol. The van der Waals surface area contributed by atoms with E-state index < -0.39 is 28.5 Å². The van der Waals surface area contributed by atoms with E-state index in [1.54, 1.807) is 61.5 Å². The van der Waals surface area contributed by atoms with Crippen LogP contribution in [0.1, 0.15) is 43.4 Å². The van der Waals surface area contributed by atoms with Crippen molar-refractivity contribution >= 4 is 50.7 Å². The van der Waals surface area contributed by atoms with E-state index in [-0.39, 0.29) is 17.3 Å². The third kappa shape index (κ3) is 7.56. The molecule has 0 aliphatic heterocycles. The Kier molecular flexibility index (Phi) is 11.0. The Bertz CT molecular complexity index is 1450. The molecule has 0 spiro atoms. The minimum absolute atomic E-state index is 0.000914. The highest BCUT2D eigenvalue weighted by molar-refractivity contribution is 7.92. The van der Waals surface area contributed by atoms with E-state index >= 15 is 0 Å². The fraction of sp³-hybridized carbons (Fsp3) is 0.333. The molecule has 40 heavy (non-hydrogen) atoms. The number of anilines is 1. The van der Waals surface area contributed by atoms with Gasteiger partial charge in [-0.2, -0.15) is 0 Å². The van der Waals surface area contributed by atoms with Crippen molar-refractivity contribution in [1.82, 2.24) is 10.2 Å². The van der Waals surface area contributed by atoms with Gasteiger partial charge in [0.25, 0.3) is 10.0 Å². The summed E-state index contributed by atoms with van der Waals surface area (Å²) in [5.74, 6) is -0.852. The van der Waals surface area contributed by atoms with Gasteiger partial charge in [-0.1, -0.05) is 79.0 Å². The molecular formula is C30H35Cl2N3O4S. The molecule has 7 nitrogen and oxygen atoms in total. The normalized spacial score (nSPS) is 12.1. The zero-order valence-electron chi connectivity index (χ0n) is 23.2. The van der Waals surface area contributed by atoms with Crippen LogP contribution in [0.5, 0.6) is 0 Å². The van der Waals surface area contributed by atoms with Gasteiger partial charge in [0.15, 0.2) is 0 Å². The standard InChI is InChI=1S/C30H35Cl2N3O4S/c1-5-17-33-30(37)27(6-2)34(19-23-13-14-24(31)18-26(23)32)29(36)20-35(28-10-8-7-9-22(28)4)40(38,39)25-15-11-21(3)12-16-25/h7-16,18,27H,5-6,17,19-20H2,1-4H3,(H,33,37)/t27-/m0/s1. The van der Waals surface area contributed by atoms with E-state index in [1.807, 2.05) is 20.8 Å². The van der Waals surface area contributed by atoms with Gasteiger partial charge in [0, 0.05) is 23.1 Å². The number of para-hydroxylation sites is 1. The smallest absolute Gasteiger partial charge is 0.264 e. The number of carbonyl (C=O) groups excluding carboxylic acids is 2. The Balaban J connectivity index is 2.08. The minimum atomic E-state index is -4.13. The van der Waals surface area contributed by atoms with Gasteiger partial charge in [-0.05, 0) is 68.1 Å². The van der Waals surface area contributed by atoms with Crippen molar-refractivity contribution in [3.63, 3.8) is 0 Å². The molecular weight excluding hydrogens is 569 g/mol. The van der Waals surface area contributed by atoms with Gasteiger partial charge in [0.05, 0.1) is 10.6 Å². The first-order valence-corrected chi connectivity index (χ1v) is 15.3. The molecule has 1 N–H and O–H groups in total. The number of amides is 2. The molecule has 1 atom stereocenters. The average molecular weight is 605 g/mol. The lowest BCUT2D eigenvalue weighted by Crippen LogP contribution is -2.52. The summed E-state index contributed by atoms with van der Waals surface area (Å²) in [5, 5.41) is 3.65. The zero-order valence-corrected chi connectivity index (χ0v) is 25.5. The van der Waals surface area contributed by atoms with E-state index in [2.05, 4.69) is 5.32 Å². The van der Waals surface area contributed by atoms with Gasteiger partial charge in [-0.3, -0.25) is 13.9 Å². The second-order valence-electron chi connectivity index (χ2n) is 9.58. The summed E-state index contributed by atoms with van der Waals surface area (Å²) in [6.07, 6.45) is 1.05. The van der Waals surface area contributed by atoms with Crippen molar-refractivity contribution in [2.45, 2.75) is 58.0 Å². The lowest BCUT2D eigenvalue weighted by Gasteiger charge is -2.33. The highest BCUT2D eigenvalue weighted by atomic mass is 35.5. The number of nitrogens with one attached hydrogen (secondary N) is 1. The summed E-state index contributed by atoms with van der Waals surface area (Å²) in [6.45, 7) is 7.35. The summed E-state index contributed by atoms with van der Waals surface area (Å²) in [6, 6.07) is 17.5. The first kappa shape index (κ1) is 31.5. The van der Waals surface area contributed by atoms with E-state index in [0.717, 1.165) is 16.3 Å². The fourth-order valence-electron chi connectivity index (χ4n) is 4.31. The van der Waals surface area contributed by atoms with Gasteiger partial charge in [-0.15, -0.1) is 0 Å². The molecule has 3 rings (SSSR count). The molecule has 0 fully saturated rings. The maximum absolute atomic E-state index is 14.1. The quantitative estimate of drug-likeness (QED) is 0.269. The number of rotatable bonds is 12. The van der Waals surface area contributed by atoms with Crippen molar-refractivity contribution in [3.05, 3.63) is 93.5 Å². The molecule has 0 aliphatic rings. The average Bonchev–Trinajstić information content (AvgIpc) is 2.92. The zero-order chi connectivity index (χ0) is 29.4. The molecule has 0 heterocycles. The molecule has 2 amide bonds. The highest BCUT2D eigenvalue weighted by Gasteiger charge is 2.34. The molecule has 3 aromatic carbocycles. The van der Waals surface area contributed by atoms with Crippen LogP contribution < -0.4 is 9.62 Å². The maximum atomic E-state index is 14.1. The van der Waals surface area contributed by atoms with Gasteiger partial charge in [0.2, 0.25) is 11.8 Å². The van der Waals surface area contributed by atoms with E-state index in [1.165, 1.54) is 17.0 Å². The van der Waals surface area contributed by atoms with Gasteiger partial charge < -0.3 is 10.2 Å². The fourth-order valence-corrected chi connectivity index (χ4v) is 6.26. The third-order valence-corrected chi connectivity index (χ3v) is 8.92. The first-order chi connectivity index (χ1) is 19.0. The number of hydrogen-bond acceptors (Lipinski definition) is 4. The molecule has 0 saturated heterocycles. The van der Waals surface area contributed by atoms with Gasteiger partial charge in [-0.25, -0.2) is 8.42 Å². The van der Waals surface area contributed by atoms with Crippen LogP contribution in [0.4, 0.5) is 5.69 Å². The van der Waals surface area contributed by atoms with Crippen LogP contribution in [-0.4, -0.2) is 44.3 Å². The summed E-state index contributed by atoms with van der Waals surface area (Å²) in [5.41, 5.74) is 2.56. The van der Waals surface area contributed by atoms with Crippen molar-refractivity contribution in [2.24, 2.45) is 0 Å². The van der Waals surface area contributed by atoms with E-state index in [0.29, 0.717) is 39.8 Å². The molecule has 0 aliphatic carbocycles. The molecule has 10 heteroatoms. The van der Waals surface area contributed by atoms with E-state index in [9.17, 15) is 18.0 Å². The van der Waals surface area contributed by atoms with Gasteiger partial charge in [0.1, 0.15) is 12.6 Å². The van der Waals surface area contributed by atoms with E-state index in [4.69, 9.17) is 23.2 Å². The topological polar surface area (TPSA) is 86.8 Å². The number of benzene rings is 3. The monoisotopic (exact) mass is 603 g/mol. The summed E-state index contributed by atoms with van der Waals surface area (Å²) < 4.78 is 29.0. The Morgan fingerprint density at radius 3 is 2.23 bits per heavy atom. The number of nitrogens with zero attached hydrogens (tertiary/aromatic N) is 2. The largest absolute Gasteiger partial charge is 0.354 e. The number of halogens is 2. The molecule has 3 aromatic rings. The summed E-state index contributed by atoms with van der Waals surface area (Å²) in [7, 11) is -4.13. The maximum Gasteiger partial charge on any atom is 0.264 e. The summed E-state index contributed by atoms with van der Waals surface area (Å²) in [4.78, 5) is 28.7. The summed E-state index contributed by atoms with van der Waals surface area (Å²) >= 11 is 12.5. The molecule has 0 unspecified atom stereocenters. The van der Waals surface area contributed by atoms with Crippen LogP contribution in [0.25, 0.3) is 0 Å². The number of hydrogen-bond donors (Lipinski definition) is 1. The molecule has 0 saturated carbocycles. The molecule has 0 aromatic heterocycles. The van der Waals surface area contributed by atoms with Crippen molar-refractivity contribution in [3.8, 4) is 0 Å². The van der Waals surface area contributed by atoms with Crippen LogP contribution in [0.2, 0.25) is 10.0 Å². The number of aryl methyl sites for hydroxylation is 2. The van der Waals surface area contributed by atoms with Crippen molar-refractivity contribution in [2.75, 3.05) is 17.4 Å². The number of carbonyl (C=O) groups is 2. The minimum Gasteiger partial charge on any atom is -0.354 e. The van der Waals surface area contributed by atoms with Gasteiger partial charge >= 0.3 is 0 Å². The van der Waals surface area contributed by atoms with Crippen molar-refractivity contribution in [1.29, 1.82) is 0 Å². The molecule has 214 valence electrons. The number of sulfonamides is 1. The predicted octanol–water partition coefficient (Wildman–Crippen LogP) is 6.14. The SMILES string of the molecule is CCCNC(=O)[C@H](CC)N(Cc1ccc(Cl)cc1Cl)C(=O)CN(c1ccccc1C)S(=O)(=O)c1ccc(C)cc1.